The van der Waals surface area contributed by atoms with Crippen LogP contribution in [0.25, 0.3) is 0 Å². The van der Waals surface area contributed by atoms with Gasteiger partial charge in [0, 0.05) is 0 Å². The van der Waals surface area contributed by atoms with Crippen LogP contribution in [0.1, 0.15) is 23.0 Å². The third-order valence-corrected chi connectivity index (χ3v) is 2.61. The second-order valence-corrected chi connectivity index (χ2v) is 4.04. The topological polar surface area (TPSA) is 96.7 Å². The highest BCUT2D eigenvalue weighted by Gasteiger charge is 2.15. The molecule has 0 bridgehead atoms. The normalized spacial score (nSPS) is 12.1. The number of nitrogens with one attached hydrogen (secondary N) is 2. The van der Waals surface area contributed by atoms with Crippen molar-refractivity contribution in [3.63, 3.8) is 0 Å². The number of hydrogen-bond acceptors (Lipinski definition) is 4. The summed E-state index contributed by atoms with van der Waals surface area (Å²) in [7, 11) is 0. The van der Waals surface area contributed by atoms with Gasteiger partial charge in [-0.05, 0) is 12.5 Å². The maximum absolute atomic E-state index is 11.8. The van der Waals surface area contributed by atoms with E-state index in [-0.39, 0.29) is 5.91 Å². The summed E-state index contributed by atoms with van der Waals surface area (Å²) in [5.74, 6) is 0.356. The van der Waals surface area contributed by atoms with Crippen LogP contribution >= 0.6 is 0 Å². The smallest absolute Gasteiger partial charge is 0.241 e. The van der Waals surface area contributed by atoms with Gasteiger partial charge in [-0.1, -0.05) is 29.8 Å². The molecule has 1 aromatic carbocycles. The lowest BCUT2D eigenvalue weighted by Crippen LogP contribution is -2.33. The number of carbonyl (C=O) groups is 1. The second kappa shape index (κ2) is 5.42. The molecule has 0 aliphatic carbocycles. The van der Waals surface area contributed by atoms with Gasteiger partial charge < -0.3 is 11.1 Å². The van der Waals surface area contributed by atoms with E-state index in [0.29, 0.717) is 12.4 Å². The summed E-state index contributed by atoms with van der Waals surface area (Å²) >= 11 is 0. The molecular formula is C12H15N5O. The number of aryl methyl sites for hydroxylation is 1. The van der Waals surface area contributed by atoms with Gasteiger partial charge in [0.2, 0.25) is 5.91 Å². The molecule has 0 saturated carbocycles. The molecule has 94 valence electrons. The number of hydrogen-bond donors (Lipinski definition) is 3. The Bertz CT molecular complexity index is 506. The monoisotopic (exact) mass is 245 g/mol. The Kier molecular flexibility index (Phi) is 3.69. The van der Waals surface area contributed by atoms with Crippen molar-refractivity contribution in [2.24, 2.45) is 5.73 Å². The van der Waals surface area contributed by atoms with Gasteiger partial charge in [0.05, 0.1) is 6.54 Å². The molecule has 6 heteroatoms. The average Bonchev–Trinajstić information content (AvgIpc) is 2.89. The van der Waals surface area contributed by atoms with E-state index >= 15 is 0 Å². The number of aromatic amines is 1. The quantitative estimate of drug-likeness (QED) is 0.727. The second-order valence-electron chi connectivity index (χ2n) is 4.04. The van der Waals surface area contributed by atoms with E-state index < -0.39 is 6.04 Å². The molecule has 2 aromatic rings. The van der Waals surface area contributed by atoms with Crippen molar-refractivity contribution in [3.8, 4) is 0 Å². The highest BCUT2D eigenvalue weighted by molar-refractivity contribution is 5.82. The van der Waals surface area contributed by atoms with Crippen LogP contribution in [0.3, 0.4) is 0 Å². The molecule has 0 spiro atoms. The number of nitrogens with two attached hydrogens (primary N) is 1. The molecule has 1 amide bonds. The van der Waals surface area contributed by atoms with Gasteiger partial charge in [0.1, 0.15) is 18.2 Å². The molecule has 0 aliphatic rings. The Morgan fingerprint density at radius 3 is 2.78 bits per heavy atom. The fourth-order valence-electron chi connectivity index (χ4n) is 1.52. The van der Waals surface area contributed by atoms with Crippen LogP contribution in [-0.2, 0) is 11.3 Å². The molecule has 0 radical (unpaired) electrons. The van der Waals surface area contributed by atoms with Crippen molar-refractivity contribution in [1.82, 2.24) is 20.5 Å². The Balaban J connectivity index is 1.94. The molecule has 1 aromatic heterocycles. The van der Waals surface area contributed by atoms with Crippen LogP contribution in [0.5, 0.6) is 0 Å². The van der Waals surface area contributed by atoms with Crippen molar-refractivity contribution in [3.05, 3.63) is 47.5 Å². The maximum atomic E-state index is 11.8. The first kappa shape index (κ1) is 12.3. The van der Waals surface area contributed by atoms with Gasteiger partial charge in [-0.2, -0.15) is 5.10 Å². The van der Waals surface area contributed by atoms with Gasteiger partial charge in [0.25, 0.3) is 0 Å². The minimum atomic E-state index is -0.673. The number of H-pyrrole nitrogens is 1. The molecule has 4 N–H and O–H groups in total. The molecule has 0 aliphatic heterocycles. The Morgan fingerprint density at radius 2 is 2.17 bits per heavy atom. The summed E-state index contributed by atoms with van der Waals surface area (Å²) < 4.78 is 0. The minimum Gasteiger partial charge on any atom is -0.347 e. The fraction of sp³-hybridized carbons (Fsp3) is 0.250. The summed E-state index contributed by atoms with van der Waals surface area (Å²) in [6.45, 7) is 2.28. The van der Waals surface area contributed by atoms with Gasteiger partial charge in [-0.15, -0.1) is 0 Å². The van der Waals surface area contributed by atoms with Crippen molar-refractivity contribution in [2.75, 3.05) is 0 Å². The van der Waals surface area contributed by atoms with Crippen molar-refractivity contribution >= 4 is 5.91 Å². The molecule has 0 fully saturated rings. The first-order chi connectivity index (χ1) is 8.66. The minimum absolute atomic E-state index is 0.241. The largest absolute Gasteiger partial charge is 0.347 e. The molecular weight excluding hydrogens is 230 g/mol. The third-order valence-electron chi connectivity index (χ3n) is 2.61. The molecule has 1 heterocycles. The number of benzene rings is 1. The van der Waals surface area contributed by atoms with E-state index in [2.05, 4.69) is 20.5 Å². The van der Waals surface area contributed by atoms with Crippen LogP contribution in [-0.4, -0.2) is 21.1 Å². The maximum Gasteiger partial charge on any atom is 0.241 e. The van der Waals surface area contributed by atoms with Gasteiger partial charge in [-0.3, -0.25) is 9.89 Å². The van der Waals surface area contributed by atoms with E-state index in [0.717, 1.165) is 11.1 Å². The zero-order chi connectivity index (χ0) is 13.0. The molecule has 18 heavy (non-hydrogen) atoms. The summed E-state index contributed by atoms with van der Waals surface area (Å²) in [6, 6.07) is 6.90. The van der Waals surface area contributed by atoms with E-state index in [9.17, 15) is 4.79 Å². The van der Waals surface area contributed by atoms with Crippen molar-refractivity contribution < 1.29 is 4.79 Å². The molecule has 0 saturated heterocycles. The fourth-order valence-corrected chi connectivity index (χ4v) is 1.52. The number of aromatic nitrogens is 3. The molecule has 1 atom stereocenters. The summed E-state index contributed by atoms with van der Waals surface area (Å²) in [5.41, 5.74) is 7.79. The van der Waals surface area contributed by atoms with E-state index in [1.807, 2.05) is 31.2 Å². The van der Waals surface area contributed by atoms with Gasteiger partial charge >= 0.3 is 0 Å². The number of nitrogens with zero attached hydrogens (tertiary/aromatic N) is 2. The highest BCUT2D eigenvalue weighted by Crippen LogP contribution is 2.11. The van der Waals surface area contributed by atoms with Crippen LogP contribution in [0.15, 0.2) is 30.6 Å². The standard InChI is InChI=1S/C12H15N5O/c1-8-2-4-9(5-3-8)11(13)12(18)14-6-10-15-7-16-17-10/h2-5,7,11H,6,13H2,1H3,(H,14,18)(H,15,16,17). The highest BCUT2D eigenvalue weighted by atomic mass is 16.2. The first-order valence-corrected chi connectivity index (χ1v) is 5.61. The SMILES string of the molecule is Cc1ccc(C(N)C(=O)NCc2ncn[nH]2)cc1. The lowest BCUT2D eigenvalue weighted by molar-refractivity contribution is -0.122. The Hall–Kier alpha value is -2.21. The lowest BCUT2D eigenvalue weighted by atomic mass is 10.1. The van der Waals surface area contributed by atoms with Crippen molar-refractivity contribution in [2.45, 2.75) is 19.5 Å². The summed E-state index contributed by atoms with van der Waals surface area (Å²) in [4.78, 5) is 15.7. The summed E-state index contributed by atoms with van der Waals surface area (Å²) in [5, 5.41) is 9.06. The number of rotatable bonds is 4. The van der Waals surface area contributed by atoms with Crippen LogP contribution in [0, 0.1) is 6.92 Å². The zero-order valence-electron chi connectivity index (χ0n) is 10.1. The molecule has 2 rings (SSSR count). The molecule has 6 nitrogen and oxygen atoms in total. The van der Waals surface area contributed by atoms with Crippen LogP contribution < -0.4 is 11.1 Å². The summed E-state index contributed by atoms with van der Waals surface area (Å²) in [6.07, 6.45) is 1.39. The number of carbonyl (C=O) groups excluding carboxylic acids is 1. The zero-order valence-corrected chi connectivity index (χ0v) is 10.1. The lowest BCUT2D eigenvalue weighted by Gasteiger charge is -2.12. The van der Waals surface area contributed by atoms with E-state index in [4.69, 9.17) is 5.73 Å². The molecule has 1 unspecified atom stereocenters. The number of amides is 1. The van der Waals surface area contributed by atoms with E-state index in [1.165, 1.54) is 6.33 Å². The predicted molar refractivity (Wildman–Crippen MR) is 66.3 cm³/mol. The third kappa shape index (κ3) is 2.92. The van der Waals surface area contributed by atoms with Gasteiger partial charge in [0.15, 0.2) is 0 Å². The Morgan fingerprint density at radius 1 is 1.44 bits per heavy atom. The van der Waals surface area contributed by atoms with Crippen molar-refractivity contribution in [1.29, 1.82) is 0 Å². The van der Waals surface area contributed by atoms with Gasteiger partial charge in [-0.25, -0.2) is 4.98 Å². The van der Waals surface area contributed by atoms with Crippen LogP contribution in [0.4, 0.5) is 0 Å². The van der Waals surface area contributed by atoms with Crippen LogP contribution in [0.2, 0.25) is 0 Å². The predicted octanol–water partition coefficient (Wildman–Crippen LogP) is 0.429. The Labute approximate surface area is 105 Å². The van der Waals surface area contributed by atoms with E-state index in [1.54, 1.807) is 0 Å². The average molecular weight is 245 g/mol. The first-order valence-electron chi connectivity index (χ1n) is 5.61.